The van der Waals surface area contributed by atoms with E-state index in [0.29, 0.717) is 26.1 Å². The average Bonchev–Trinajstić information content (AvgIpc) is 3.00. The van der Waals surface area contributed by atoms with Crippen LogP contribution in [0.2, 0.25) is 0 Å². The Morgan fingerprint density at radius 3 is 2.62 bits per heavy atom. The van der Waals surface area contributed by atoms with Crippen LogP contribution in [-0.4, -0.2) is 28.6 Å². The van der Waals surface area contributed by atoms with Crippen LogP contribution in [0.15, 0.2) is 42.5 Å². The minimum atomic E-state index is -0.389. The zero-order chi connectivity index (χ0) is 21.0. The number of amides is 1. The number of hydrogen-bond donors (Lipinski definition) is 1. The number of benzene rings is 2. The van der Waals surface area contributed by atoms with Crippen molar-refractivity contribution in [3.05, 3.63) is 59.4 Å². The van der Waals surface area contributed by atoms with E-state index in [0.717, 1.165) is 28.2 Å². The van der Waals surface area contributed by atoms with Crippen molar-refractivity contribution in [2.45, 2.75) is 47.6 Å². The second-order valence-corrected chi connectivity index (χ2v) is 8.54. The topological polar surface area (TPSA) is 56.1 Å². The first-order chi connectivity index (χ1) is 13.8. The SMILES string of the molecule is Cc1ccc(OCCn2c(CCNC(=O)C(C)(C)C)nc3ccccc32)c(C)c1. The van der Waals surface area contributed by atoms with Gasteiger partial charge in [0.15, 0.2) is 0 Å². The molecule has 0 bridgehead atoms. The number of rotatable bonds is 7. The van der Waals surface area contributed by atoms with Gasteiger partial charge in [0.2, 0.25) is 5.91 Å². The molecule has 0 unspecified atom stereocenters. The maximum absolute atomic E-state index is 12.1. The molecule has 29 heavy (non-hydrogen) atoms. The fourth-order valence-corrected chi connectivity index (χ4v) is 3.33. The Balaban J connectivity index is 1.70. The Labute approximate surface area is 173 Å². The van der Waals surface area contributed by atoms with Crippen molar-refractivity contribution in [1.82, 2.24) is 14.9 Å². The Hall–Kier alpha value is -2.82. The molecular formula is C24H31N3O2. The average molecular weight is 394 g/mol. The highest BCUT2D eigenvalue weighted by Crippen LogP contribution is 2.20. The Bertz CT molecular complexity index is 999. The molecule has 1 N–H and O–H groups in total. The molecule has 2 aromatic carbocycles. The predicted octanol–water partition coefficient (Wildman–Crippen LogP) is 4.44. The largest absolute Gasteiger partial charge is 0.491 e. The third-order valence-electron chi connectivity index (χ3n) is 4.95. The van der Waals surface area contributed by atoms with E-state index in [2.05, 4.69) is 41.9 Å². The third-order valence-corrected chi connectivity index (χ3v) is 4.95. The first-order valence-electron chi connectivity index (χ1n) is 10.2. The lowest BCUT2D eigenvalue weighted by Crippen LogP contribution is -2.36. The molecule has 1 amide bonds. The smallest absolute Gasteiger partial charge is 0.225 e. The summed E-state index contributed by atoms with van der Waals surface area (Å²) in [6.45, 7) is 11.7. The number of fused-ring (bicyclic) bond motifs is 1. The van der Waals surface area contributed by atoms with Crippen molar-refractivity contribution < 1.29 is 9.53 Å². The molecule has 1 aromatic heterocycles. The van der Waals surface area contributed by atoms with Crippen LogP contribution in [0.1, 0.15) is 37.7 Å². The van der Waals surface area contributed by atoms with E-state index in [1.807, 2.05) is 45.0 Å². The summed E-state index contributed by atoms with van der Waals surface area (Å²) in [5.74, 6) is 1.93. The molecule has 3 rings (SSSR count). The summed E-state index contributed by atoms with van der Waals surface area (Å²) in [6, 6.07) is 14.3. The fourth-order valence-electron chi connectivity index (χ4n) is 3.33. The minimum absolute atomic E-state index is 0.0540. The minimum Gasteiger partial charge on any atom is -0.491 e. The molecular weight excluding hydrogens is 362 g/mol. The molecule has 5 heteroatoms. The van der Waals surface area contributed by atoms with Gasteiger partial charge in [0.25, 0.3) is 0 Å². The summed E-state index contributed by atoms with van der Waals surface area (Å²) in [4.78, 5) is 16.9. The number of carbonyl (C=O) groups excluding carboxylic acids is 1. The molecule has 0 aliphatic carbocycles. The van der Waals surface area contributed by atoms with Gasteiger partial charge in [-0.2, -0.15) is 0 Å². The lowest BCUT2D eigenvalue weighted by molar-refractivity contribution is -0.128. The van der Waals surface area contributed by atoms with Gasteiger partial charge in [0.1, 0.15) is 18.2 Å². The van der Waals surface area contributed by atoms with Crippen LogP contribution >= 0.6 is 0 Å². The van der Waals surface area contributed by atoms with Gasteiger partial charge in [-0.15, -0.1) is 0 Å². The van der Waals surface area contributed by atoms with Crippen molar-refractivity contribution in [2.75, 3.05) is 13.2 Å². The van der Waals surface area contributed by atoms with Gasteiger partial charge in [-0.1, -0.05) is 50.6 Å². The zero-order valence-corrected chi connectivity index (χ0v) is 18.1. The Morgan fingerprint density at radius 1 is 1.14 bits per heavy atom. The number of imidazole rings is 1. The van der Waals surface area contributed by atoms with E-state index in [9.17, 15) is 4.79 Å². The highest BCUT2D eigenvalue weighted by molar-refractivity contribution is 5.81. The van der Waals surface area contributed by atoms with Crippen molar-refractivity contribution in [2.24, 2.45) is 5.41 Å². The lowest BCUT2D eigenvalue weighted by atomic mass is 9.96. The lowest BCUT2D eigenvalue weighted by Gasteiger charge is -2.17. The summed E-state index contributed by atoms with van der Waals surface area (Å²) in [7, 11) is 0. The standard InChI is InChI=1S/C24H31N3O2/c1-17-10-11-21(18(2)16-17)29-15-14-27-20-9-7-6-8-19(20)26-22(27)12-13-25-23(28)24(3,4)5/h6-11,16H,12-15H2,1-5H3,(H,25,28). The first-order valence-corrected chi connectivity index (χ1v) is 10.2. The molecule has 0 saturated heterocycles. The molecule has 3 aromatic rings. The van der Waals surface area contributed by atoms with E-state index in [4.69, 9.17) is 9.72 Å². The Morgan fingerprint density at radius 2 is 1.90 bits per heavy atom. The summed E-state index contributed by atoms with van der Waals surface area (Å²) < 4.78 is 8.23. The summed E-state index contributed by atoms with van der Waals surface area (Å²) >= 11 is 0. The molecule has 0 atom stereocenters. The van der Waals surface area contributed by atoms with Gasteiger partial charge >= 0.3 is 0 Å². The molecule has 154 valence electrons. The van der Waals surface area contributed by atoms with Crippen LogP contribution < -0.4 is 10.1 Å². The highest BCUT2D eigenvalue weighted by Gasteiger charge is 2.20. The second-order valence-electron chi connectivity index (χ2n) is 8.54. The van der Waals surface area contributed by atoms with Crippen LogP contribution in [0.3, 0.4) is 0 Å². The molecule has 0 spiro atoms. The molecule has 0 saturated carbocycles. The molecule has 0 aliphatic heterocycles. The molecule has 1 heterocycles. The van der Waals surface area contributed by atoms with Crippen LogP contribution in [0.5, 0.6) is 5.75 Å². The predicted molar refractivity (Wildman–Crippen MR) is 117 cm³/mol. The number of nitrogens with one attached hydrogen (secondary N) is 1. The van der Waals surface area contributed by atoms with Crippen molar-refractivity contribution in [3.63, 3.8) is 0 Å². The second kappa shape index (κ2) is 8.68. The maximum Gasteiger partial charge on any atom is 0.225 e. The van der Waals surface area contributed by atoms with Gasteiger partial charge in [0, 0.05) is 18.4 Å². The van der Waals surface area contributed by atoms with Gasteiger partial charge in [-0.25, -0.2) is 4.98 Å². The van der Waals surface area contributed by atoms with Crippen molar-refractivity contribution in [3.8, 4) is 5.75 Å². The molecule has 0 aliphatic rings. The van der Waals surface area contributed by atoms with E-state index >= 15 is 0 Å². The van der Waals surface area contributed by atoms with E-state index < -0.39 is 0 Å². The van der Waals surface area contributed by atoms with Crippen LogP contribution in [0.4, 0.5) is 0 Å². The van der Waals surface area contributed by atoms with Crippen LogP contribution in [-0.2, 0) is 17.8 Å². The van der Waals surface area contributed by atoms with Gasteiger partial charge in [-0.05, 0) is 37.6 Å². The van der Waals surface area contributed by atoms with E-state index in [1.165, 1.54) is 5.56 Å². The normalized spacial score (nSPS) is 11.6. The summed E-state index contributed by atoms with van der Waals surface area (Å²) in [5, 5.41) is 3.01. The molecule has 0 fully saturated rings. The number of carbonyl (C=O) groups is 1. The first kappa shape index (κ1) is 20.9. The van der Waals surface area contributed by atoms with E-state index in [-0.39, 0.29) is 11.3 Å². The van der Waals surface area contributed by atoms with Gasteiger partial charge in [-0.3, -0.25) is 4.79 Å². The third kappa shape index (κ3) is 5.17. The zero-order valence-electron chi connectivity index (χ0n) is 18.1. The van der Waals surface area contributed by atoms with Crippen LogP contribution in [0.25, 0.3) is 11.0 Å². The number of aromatic nitrogens is 2. The number of aryl methyl sites for hydroxylation is 2. The quantitative estimate of drug-likeness (QED) is 0.646. The molecule has 5 nitrogen and oxygen atoms in total. The number of ether oxygens (including phenoxy) is 1. The summed E-state index contributed by atoms with van der Waals surface area (Å²) in [6.07, 6.45) is 0.681. The fraction of sp³-hybridized carbons (Fsp3) is 0.417. The molecule has 0 radical (unpaired) electrons. The highest BCUT2D eigenvalue weighted by atomic mass is 16.5. The number of nitrogens with zero attached hydrogens (tertiary/aromatic N) is 2. The van der Waals surface area contributed by atoms with Crippen molar-refractivity contribution in [1.29, 1.82) is 0 Å². The van der Waals surface area contributed by atoms with Crippen LogP contribution in [0, 0.1) is 19.3 Å². The number of para-hydroxylation sites is 2. The van der Waals surface area contributed by atoms with Gasteiger partial charge < -0.3 is 14.6 Å². The monoisotopic (exact) mass is 393 g/mol. The Kier molecular flexibility index (Phi) is 6.26. The number of hydrogen-bond acceptors (Lipinski definition) is 3. The van der Waals surface area contributed by atoms with Gasteiger partial charge in [0.05, 0.1) is 17.6 Å². The van der Waals surface area contributed by atoms with E-state index in [1.54, 1.807) is 0 Å². The van der Waals surface area contributed by atoms with Crippen molar-refractivity contribution >= 4 is 16.9 Å². The summed E-state index contributed by atoms with van der Waals surface area (Å²) in [5.41, 5.74) is 4.05. The maximum atomic E-state index is 12.1.